The molecular formula is C24H24BrN5O3. The van der Waals surface area contributed by atoms with Crippen molar-refractivity contribution in [1.29, 1.82) is 0 Å². The minimum absolute atomic E-state index is 0.188. The van der Waals surface area contributed by atoms with Gasteiger partial charge in [-0.1, -0.05) is 20.8 Å². The van der Waals surface area contributed by atoms with Gasteiger partial charge in [-0.15, -0.1) is 0 Å². The van der Waals surface area contributed by atoms with Crippen LogP contribution in [-0.4, -0.2) is 24.5 Å². The maximum Gasteiger partial charge on any atom is 0.273 e. The lowest BCUT2D eigenvalue weighted by Gasteiger charge is -2.17. The predicted molar refractivity (Wildman–Crippen MR) is 128 cm³/mol. The Kier molecular flexibility index (Phi) is 6.16. The Labute approximate surface area is 199 Å². The van der Waals surface area contributed by atoms with Crippen molar-refractivity contribution in [1.82, 2.24) is 24.5 Å². The summed E-state index contributed by atoms with van der Waals surface area (Å²) in [5.41, 5.74) is 2.97. The number of nitrogens with zero attached hydrogens (tertiary/aromatic N) is 5. The van der Waals surface area contributed by atoms with Crippen LogP contribution in [0.3, 0.4) is 0 Å². The molecule has 4 rings (SSSR count). The van der Waals surface area contributed by atoms with Crippen LogP contribution in [0.1, 0.15) is 43.9 Å². The molecule has 33 heavy (non-hydrogen) atoms. The quantitative estimate of drug-likeness (QED) is 0.376. The summed E-state index contributed by atoms with van der Waals surface area (Å²) in [5, 5.41) is 0. The molecular weight excluding hydrogens is 486 g/mol. The van der Waals surface area contributed by atoms with Crippen LogP contribution in [0.2, 0.25) is 0 Å². The second-order valence-electron chi connectivity index (χ2n) is 8.67. The number of oxazole rings is 1. The fourth-order valence-electron chi connectivity index (χ4n) is 3.29. The highest BCUT2D eigenvalue weighted by molar-refractivity contribution is 9.10. The van der Waals surface area contributed by atoms with Crippen molar-refractivity contribution in [2.75, 3.05) is 0 Å². The molecule has 0 saturated carbocycles. The van der Waals surface area contributed by atoms with Crippen molar-refractivity contribution in [3.63, 3.8) is 0 Å². The van der Waals surface area contributed by atoms with E-state index in [0.29, 0.717) is 44.6 Å². The second kappa shape index (κ2) is 8.90. The Balaban J connectivity index is 1.69. The third kappa shape index (κ3) is 4.88. The zero-order valence-electron chi connectivity index (χ0n) is 19.1. The summed E-state index contributed by atoms with van der Waals surface area (Å²) < 4.78 is 12.9. The summed E-state index contributed by atoms with van der Waals surface area (Å²) >= 11 is 3.40. The van der Waals surface area contributed by atoms with Gasteiger partial charge in [0.1, 0.15) is 34.6 Å². The normalized spacial score (nSPS) is 11.6. The van der Waals surface area contributed by atoms with Gasteiger partial charge in [-0.2, -0.15) is 0 Å². The zero-order chi connectivity index (χ0) is 23.8. The molecule has 0 bridgehead atoms. The van der Waals surface area contributed by atoms with Crippen LogP contribution < -0.4 is 10.3 Å². The molecule has 9 heteroatoms. The van der Waals surface area contributed by atoms with E-state index in [4.69, 9.17) is 9.15 Å². The number of aryl methyl sites for hydroxylation is 2. The predicted octanol–water partition coefficient (Wildman–Crippen LogP) is 4.93. The van der Waals surface area contributed by atoms with Crippen LogP contribution in [-0.2, 0) is 12.0 Å². The average molecular weight is 510 g/mol. The van der Waals surface area contributed by atoms with Crippen molar-refractivity contribution in [3.05, 3.63) is 80.9 Å². The van der Waals surface area contributed by atoms with Gasteiger partial charge in [-0.05, 0) is 41.1 Å². The molecule has 4 heterocycles. The molecule has 0 unspecified atom stereocenters. The Morgan fingerprint density at radius 3 is 2.52 bits per heavy atom. The first-order chi connectivity index (χ1) is 15.6. The Hall–Kier alpha value is -3.33. The van der Waals surface area contributed by atoms with Gasteiger partial charge in [0.15, 0.2) is 5.89 Å². The fourth-order valence-corrected chi connectivity index (χ4v) is 3.70. The van der Waals surface area contributed by atoms with Gasteiger partial charge in [0.2, 0.25) is 0 Å². The van der Waals surface area contributed by atoms with Gasteiger partial charge in [0, 0.05) is 36.5 Å². The van der Waals surface area contributed by atoms with Crippen LogP contribution in [0.5, 0.6) is 5.75 Å². The summed E-state index contributed by atoms with van der Waals surface area (Å²) in [4.78, 5) is 31.0. The van der Waals surface area contributed by atoms with Crippen LogP contribution in [0.25, 0.3) is 17.1 Å². The molecule has 0 amide bonds. The zero-order valence-corrected chi connectivity index (χ0v) is 20.7. The molecule has 4 aromatic heterocycles. The molecule has 0 N–H and O–H groups in total. The van der Waals surface area contributed by atoms with Gasteiger partial charge in [-0.3, -0.25) is 14.3 Å². The second-order valence-corrected chi connectivity index (χ2v) is 9.46. The maximum absolute atomic E-state index is 13.2. The van der Waals surface area contributed by atoms with Crippen molar-refractivity contribution < 1.29 is 9.15 Å². The van der Waals surface area contributed by atoms with Gasteiger partial charge in [-0.25, -0.2) is 15.0 Å². The highest BCUT2D eigenvalue weighted by Gasteiger charge is 2.19. The number of rotatable bonds is 5. The SMILES string of the molecule is Cc1nc(COc2cc(C)n(-c3ccnc(-c4ccnc(C(C)(C)C)n4)c3)c(=O)c2Br)co1. The van der Waals surface area contributed by atoms with Crippen molar-refractivity contribution in [3.8, 4) is 22.8 Å². The molecule has 0 fully saturated rings. The molecule has 4 aromatic rings. The molecule has 170 valence electrons. The number of aromatic nitrogens is 5. The maximum atomic E-state index is 13.2. The number of ether oxygens (including phenoxy) is 1. The van der Waals surface area contributed by atoms with E-state index in [1.807, 2.05) is 19.1 Å². The minimum atomic E-state index is -0.239. The molecule has 0 saturated heterocycles. The molecule has 0 atom stereocenters. The number of halogens is 1. The summed E-state index contributed by atoms with van der Waals surface area (Å²) in [7, 11) is 0. The van der Waals surface area contributed by atoms with E-state index in [1.165, 1.54) is 6.26 Å². The summed E-state index contributed by atoms with van der Waals surface area (Å²) in [6, 6.07) is 7.25. The third-order valence-electron chi connectivity index (χ3n) is 4.93. The Bertz CT molecular complexity index is 1370. The van der Waals surface area contributed by atoms with Crippen LogP contribution in [0.15, 0.2) is 56.6 Å². The van der Waals surface area contributed by atoms with Gasteiger partial charge in [0.05, 0.1) is 17.1 Å². The van der Waals surface area contributed by atoms with Crippen molar-refractivity contribution in [2.24, 2.45) is 0 Å². The molecule has 0 aromatic carbocycles. The molecule has 0 aliphatic carbocycles. The van der Waals surface area contributed by atoms with E-state index in [9.17, 15) is 4.79 Å². The molecule has 8 nitrogen and oxygen atoms in total. The molecule has 0 spiro atoms. The Morgan fingerprint density at radius 1 is 1.06 bits per heavy atom. The topological polar surface area (TPSA) is 95.9 Å². The molecule has 0 radical (unpaired) electrons. The largest absolute Gasteiger partial charge is 0.486 e. The lowest BCUT2D eigenvalue weighted by Crippen LogP contribution is -2.22. The van der Waals surface area contributed by atoms with E-state index < -0.39 is 0 Å². The average Bonchev–Trinajstić information content (AvgIpc) is 3.20. The first-order valence-corrected chi connectivity index (χ1v) is 11.2. The van der Waals surface area contributed by atoms with Gasteiger partial charge >= 0.3 is 0 Å². The van der Waals surface area contributed by atoms with Crippen molar-refractivity contribution >= 4 is 15.9 Å². The number of hydrogen-bond donors (Lipinski definition) is 0. The lowest BCUT2D eigenvalue weighted by molar-refractivity contribution is 0.297. The van der Waals surface area contributed by atoms with Gasteiger partial charge < -0.3 is 9.15 Å². The highest BCUT2D eigenvalue weighted by Crippen LogP contribution is 2.26. The minimum Gasteiger partial charge on any atom is -0.486 e. The van der Waals surface area contributed by atoms with E-state index >= 15 is 0 Å². The van der Waals surface area contributed by atoms with E-state index in [2.05, 4.69) is 56.6 Å². The van der Waals surface area contributed by atoms with Crippen molar-refractivity contribution in [2.45, 2.75) is 46.6 Å². The number of hydrogen-bond acceptors (Lipinski definition) is 7. The summed E-state index contributed by atoms with van der Waals surface area (Å²) in [5.74, 6) is 1.73. The van der Waals surface area contributed by atoms with E-state index in [0.717, 1.165) is 5.82 Å². The van der Waals surface area contributed by atoms with Crippen LogP contribution >= 0.6 is 15.9 Å². The first kappa shape index (κ1) is 22.8. The first-order valence-electron chi connectivity index (χ1n) is 10.4. The summed E-state index contributed by atoms with van der Waals surface area (Å²) in [6.45, 7) is 9.99. The number of pyridine rings is 2. The Morgan fingerprint density at radius 2 is 1.82 bits per heavy atom. The third-order valence-corrected chi connectivity index (χ3v) is 5.66. The lowest BCUT2D eigenvalue weighted by atomic mass is 9.95. The smallest absolute Gasteiger partial charge is 0.273 e. The van der Waals surface area contributed by atoms with Crippen LogP contribution in [0.4, 0.5) is 0 Å². The van der Waals surface area contributed by atoms with E-state index in [-0.39, 0.29) is 17.6 Å². The van der Waals surface area contributed by atoms with E-state index in [1.54, 1.807) is 36.0 Å². The highest BCUT2D eigenvalue weighted by atomic mass is 79.9. The fraction of sp³-hybridized carbons (Fsp3) is 0.292. The van der Waals surface area contributed by atoms with Gasteiger partial charge in [0.25, 0.3) is 5.56 Å². The standard InChI is InChI=1S/C24H24BrN5O3/c1-14-10-20(33-13-16-12-32-15(2)28-16)21(25)22(31)30(14)17-6-8-26-19(11-17)18-7-9-27-23(29-18)24(3,4)5/h6-12H,13H2,1-5H3. The van der Waals surface area contributed by atoms with Crippen LogP contribution in [0, 0.1) is 13.8 Å². The molecule has 0 aliphatic heterocycles. The monoisotopic (exact) mass is 509 g/mol. The summed E-state index contributed by atoms with van der Waals surface area (Å²) in [6.07, 6.45) is 4.93. The molecule has 0 aliphatic rings.